The summed E-state index contributed by atoms with van der Waals surface area (Å²) in [7, 11) is 0. The maximum Gasteiger partial charge on any atom is 0.418 e. The summed E-state index contributed by atoms with van der Waals surface area (Å²) < 4.78 is 5.14. The van der Waals surface area contributed by atoms with Gasteiger partial charge in [0.25, 0.3) is 0 Å². The highest BCUT2D eigenvalue weighted by Gasteiger charge is 2.09. The second-order valence-electron chi connectivity index (χ2n) is 4.90. The van der Waals surface area contributed by atoms with Gasteiger partial charge in [-0.1, -0.05) is 50.2 Å². The van der Waals surface area contributed by atoms with Gasteiger partial charge in [0.05, 0.1) is 0 Å². The van der Waals surface area contributed by atoms with E-state index < -0.39 is 6.09 Å². The lowest BCUT2D eigenvalue weighted by Crippen LogP contribution is -2.32. The van der Waals surface area contributed by atoms with E-state index in [1.165, 1.54) is 5.56 Å². The summed E-state index contributed by atoms with van der Waals surface area (Å²) >= 11 is 0. The van der Waals surface area contributed by atoms with Crippen molar-refractivity contribution >= 4 is 11.9 Å². The van der Waals surface area contributed by atoms with Crippen LogP contribution in [0.5, 0.6) is 5.75 Å². The Hall–Kier alpha value is -2.62. The lowest BCUT2D eigenvalue weighted by atomic mass is 10.0. The van der Waals surface area contributed by atoms with Crippen LogP contribution in [0.1, 0.15) is 30.9 Å². The van der Waals surface area contributed by atoms with E-state index in [0.29, 0.717) is 17.2 Å². The van der Waals surface area contributed by atoms with Crippen LogP contribution in [0.15, 0.2) is 48.5 Å². The fraction of sp³-hybridized carbons (Fsp3) is 0.176. The van der Waals surface area contributed by atoms with Gasteiger partial charge in [0.1, 0.15) is 11.6 Å². The number of benzene rings is 2. The van der Waals surface area contributed by atoms with Crippen molar-refractivity contribution in [3.8, 4) is 5.75 Å². The minimum Gasteiger partial charge on any atom is -0.410 e. The van der Waals surface area contributed by atoms with Crippen LogP contribution in [0.4, 0.5) is 4.79 Å². The molecule has 107 valence electrons. The molecule has 0 saturated heterocycles. The molecule has 0 heterocycles. The van der Waals surface area contributed by atoms with Crippen LogP contribution >= 0.6 is 0 Å². The van der Waals surface area contributed by atoms with Crippen molar-refractivity contribution in [2.75, 3.05) is 0 Å². The topological polar surface area (TPSA) is 62.2 Å². The highest BCUT2D eigenvalue weighted by molar-refractivity contribution is 6.04. The molecule has 2 N–H and O–H groups in total. The van der Waals surface area contributed by atoms with Crippen LogP contribution in [0.2, 0.25) is 0 Å². The van der Waals surface area contributed by atoms with Crippen molar-refractivity contribution in [2.45, 2.75) is 19.8 Å². The zero-order valence-electron chi connectivity index (χ0n) is 12.0. The van der Waals surface area contributed by atoms with Crippen LogP contribution in [-0.4, -0.2) is 11.9 Å². The minimum absolute atomic E-state index is 0.00667. The monoisotopic (exact) mass is 281 g/mol. The Bertz CT molecular complexity index is 619. The number of hydrogen-bond acceptors (Lipinski definition) is 3. The zero-order chi connectivity index (χ0) is 15.2. The number of amidine groups is 1. The van der Waals surface area contributed by atoms with E-state index in [1.807, 2.05) is 12.1 Å². The molecule has 4 heteroatoms. The Balaban J connectivity index is 1.94. The second kappa shape index (κ2) is 6.70. The number of nitrogens with one attached hydrogen (secondary N) is 2. The van der Waals surface area contributed by atoms with Crippen molar-refractivity contribution < 1.29 is 9.53 Å². The molecule has 1 radical (unpaired) electrons. The smallest absolute Gasteiger partial charge is 0.410 e. The van der Waals surface area contributed by atoms with Crippen LogP contribution in [0, 0.1) is 11.5 Å². The van der Waals surface area contributed by atoms with Gasteiger partial charge < -0.3 is 4.74 Å². The van der Waals surface area contributed by atoms with Gasteiger partial charge in [-0.25, -0.2) is 4.79 Å². The molecular formula is C17H17N2O2. The van der Waals surface area contributed by atoms with Crippen molar-refractivity contribution in [1.82, 2.24) is 5.32 Å². The first-order chi connectivity index (χ1) is 10.1. The van der Waals surface area contributed by atoms with Crippen LogP contribution < -0.4 is 10.1 Å². The Labute approximate surface area is 124 Å². The van der Waals surface area contributed by atoms with Gasteiger partial charge in [-0.2, -0.15) is 0 Å². The molecule has 0 unspecified atom stereocenters. The molecule has 0 bridgehead atoms. The third-order valence-electron chi connectivity index (χ3n) is 2.99. The number of carbonyl (C=O) groups is 1. The summed E-state index contributed by atoms with van der Waals surface area (Å²) in [4.78, 5) is 11.7. The quantitative estimate of drug-likeness (QED) is 0.665. The molecular weight excluding hydrogens is 264 g/mol. The highest BCUT2D eigenvalue weighted by Crippen LogP contribution is 2.18. The standard InChI is InChI=1S/C17H17N2O2/c1-12(2)13-8-10-15(11-9-13)21-17(20)19-16(18)14-6-4-3-5-7-14/h4-12H,1-2H3,(H2,18,19,20). The van der Waals surface area contributed by atoms with Crippen LogP contribution in [0.3, 0.4) is 0 Å². The fourth-order valence-electron chi connectivity index (χ4n) is 1.78. The van der Waals surface area contributed by atoms with E-state index in [4.69, 9.17) is 10.1 Å². The van der Waals surface area contributed by atoms with Crippen molar-refractivity contribution in [2.24, 2.45) is 0 Å². The summed E-state index contributed by atoms with van der Waals surface area (Å²) in [6.07, 6.45) is -0.676. The molecule has 2 aromatic rings. The molecule has 0 saturated carbocycles. The van der Waals surface area contributed by atoms with Crippen LogP contribution in [0.25, 0.3) is 0 Å². The summed E-state index contributed by atoms with van der Waals surface area (Å²) in [5.74, 6) is 0.870. The predicted octanol–water partition coefficient (Wildman–Crippen LogP) is 3.72. The number of carbonyl (C=O) groups excluding carboxylic acids is 1. The summed E-state index contributed by atoms with van der Waals surface area (Å²) in [6.45, 7) is 4.20. The van der Waals surface area contributed by atoms with Gasteiger partial charge in [-0.05, 0) is 29.7 Å². The lowest BCUT2D eigenvalue weighted by molar-refractivity contribution is 0.206. The first-order valence-corrected chi connectivity index (χ1v) is 6.70. The number of hydrogen-bond donors (Lipinski definition) is 2. The second-order valence-corrected chi connectivity index (χ2v) is 4.90. The predicted molar refractivity (Wildman–Crippen MR) is 81.8 cm³/mol. The Kier molecular flexibility index (Phi) is 4.72. The van der Waals surface area contributed by atoms with Crippen molar-refractivity contribution in [1.29, 1.82) is 5.41 Å². The zero-order valence-corrected chi connectivity index (χ0v) is 12.0. The molecule has 0 aliphatic heterocycles. The number of rotatable bonds is 3. The van der Waals surface area contributed by atoms with Crippen molar-refractivity contribution in [3.05, 3.63) is 65.7 Å². The molecule has 0 fully saturated rings. The molecule has 21 heavy (non-hydrogen) atoms. The van der Waals surface area contributed by atoms with Gasteiger partial charge >= 0.3 is 6.09 Å². The van der Waals surface area contributed by atoms with E-state index in [1.54, 1.807) is 36.4 Å². The molecule has 4 nitrogen and oxygen atoms in total. The fourth-order valence-corrected chi connectivity index (χ4v) is 1.78. The molecule has 0 aliphatic carbocycles. The molecule has 1 amide bonds. The summed E-state index contributed by atoms with van der Waals surface area (Å²) in [5.41, 5.74) is 1.77. The van der Waals surface area contributed by atoms with Crippen molar-refractivity contribution in [3.63, 3.8) is 0 Å². The van der Waals surface area contributed by atoms with E-state index >= 15 is 0 Å². The average Bonchev–Trinajstić information content (AvgIpc) is 2.48. The van der Waals surface area contributed by atoms with Gasteiger partial charge in [-0.15, -0.1) is 0 Å². The number of ether oxygens (including phenoxy) is 1. The van der Waals surface area contributed by atoms with E-state index in [0.717, 1.165) is 0 Å². The Morgan fingerprint density at radius 1 is 1.14 bits per heavy atom. The first-order valence-electron chi connectivity index (χ1n) is 6.70. The SMILES string of the molecule is CC(C)c1ccc(OC(=O)NC(=N)c2cc[c]cc2)cc1. The van der Waals surface area contributed by atoms with Gasteiger partial charge in [0.2, 0.25) is 0 Å². The molecule has 0 atom stereocenters. The lowest BCUT2D eigenvalue weighted by Gasteiger charge is -2.09. The first kappa shape index (κ1) is 14.8. The normalized spacial score (nSPS) is 10.2. The van der Waals surface area contributed by atoms with Crippen LogP contribution in [-0.2, 0) is 0 Å². The van der Waals surface area contributed by atoms with Gasteiger partial charge in [-0.3, -0.25) is 10.7 Å². The molecule has 0 aromatic heterocycles. The molecule has 0 spiro atoms. The number of amides is 1. The third kappa shape index (κ3) is 4.18. The summed E-state index contributed by atoms with van der Waals surface area (Å²) in [5, 5.41) is 10.2. The Morgan fingerprint density at radius 2 is 1.76 bits per heavy atom. The maximum absolute atomic E-state index is 11.7. The third-order valence-corrected chi connectivity index (χ3v) is 2.99. The van der Waals surface area contributed by atoms with Gasteiger partial charge in [0.15, 0.2) is 0 Å². The molecule has 2 rings (SSSR count). The molecule has 0 aliphatic rings. The Morgan fingerprint density at radius 3 is 2.33 bits per heavy atom. The van der Waals surface area contributed by atoms with E-state index in [9.17, 15) is 4.79 Å². The largest absolute Gasteiger partial charge is 0.418 e. The van der Waals surface area contributed by atoms with E-state index in [-0.39, 0.29) is 5.84 Å². The highest BCUT2D eigenvalue weighted by atomic mass is 16.6. The maximum atomic E-state index is 11.7. The summed E-state index contributed by atoms with van der Waals surface area (Å²) in [6, 6.07) is 16.9. The average molecular weight is 281 g/mol. The van der Waals surface area contributed by atoms with Gasteiger partial charge in [0, 0.05) is 5.56 Å². The minimum atomic E-state index is -0.676. The van der Waals surface area contributed by atoms with E-state index in [2.05, 4.69) is 25.2 Å². The molecule has 2 aromatic carbocycles.